The summed E-state index contributed by atoms with van der Waals surface area (Å²) in [6.45, 7) is 1.74. The van der Waals surface area contributed by atoms with E-state index in [-0.39, 0.29) is 24.7 Å². The van der Waals surface area contributed by atoms with E-state index in [0.717, 1.165) is 12.1 Å². The van der Waals surface area contributed by atoms with Crippen molar-refractivity contribution < 1.29 is 27.5 Å². The summed E-state index contributed by atoms with van der Waals surface area (Å²) >= 11 is 0. The quantitative estimate of drug-likeness (QED) is 0.718. The molecule has 7 heteroatoms. The molecule has 4 nitrogen and oxygen atoms in total. The first kappa shape index (κ1) is 21.1. The lowest BCUT2D eigenvalue weighted by Crippen LogP contribution is -2.60. The SMILES string of the molecule is Cc1ccc(C(F)(F)F)cc1CC1COC2(C=CC(=O)C=C2)N(c2ccccc2)C1=O. The average Bonchev–Trinajstić information content (AvgIpc) is 2.74. The van der Waals surface area contributed by atoms with Crippen LogP contribution in [0.25, 0.3) is 0 Å². The third-order valence-corrected chi connectivity index (χ3v) is 5.56. The Morgan fingerprint density at radius 1 is 1.06 bits per heavy atom. The van der Waals surface area contributed by atoms with Gasteiger partial charge in [-0.25, -0.2) is 0 Å². The number of nitrogens with zero attached hydrogens (tertiary/aromatic N) is 1. The molecule has 4 rings (SSSR count). The van der Waals surface area contributed by atoms with Crippen molar-refractivity contribution in [2.75, 3.05) is 11.5 Å². The van der Waals surface area contributed by atoms with Gasteiger partial charge in [0.05, 0.1) is 18.1 Å². The van der Waals surface area contributed by atoms with Gasteiger partial charge in [0.2, 0.25) is 5.91 Å². The van der Waals surface area contributed by atoms with Crippen molar-refractivity contribution in [1.29, 1.82) is 0 Å². The normalized spacial score (nSPS) is 20.5. The molecule has 160 valence electrons. The fourth-order valence-electron chi connectivity index (χ4n) is 3.87. The first-order chi connectivity index (χ1) is 14.7. The number of para-hydroxylation sites is 1. The highest BCUT2D eigenvalue weighted by atomic mass is 19.4. The maximum Gasteiger partial charge on any atom is 0.416 e. The Bertz CT molecular complexity index is 1060. The molecule has 0 aromatic heterocycles. The second-order valence-corrected chi connectivity index (χ2v) is 7.68. The fourth-order valence-corrected chi connectivity index (χ4v) is 3.87. The zero-order valence-electron chi connectivity index (χ0n) is 16.7. The molecule has 1 aliphatic heterocycles. The van der Waals surface area contributed by atoms with E-state index in [1.165, 1.54) is 35.3 Å². The molecule has 2 aromatic rings. The maximum absolute atomic E-state index is 13.5. The van der Waals surface area contributed by atoms with Gasteiger partial charge in [-0.05, 0) is 73.0 Å². The molecule has 1 heterocycles. The van der Waals surface area contributed by atoms with Crippen LogP contribution in [0.2, 0.25) is 0 Å². The lowest BCUT2D eigenvalue weighted by atomic mass is 9.90. The number of ether oxygens (including phenoxy) is 1. The van der Waals surface area contributed by atoms with Crippen LogP contribution in [-0.2, 0) is 26.9 Å². The molecule has 0 bridgehead atoms. The van der Waals surface area contributed by atoms with Gasteiger partial charge in [-0.2, -0.15) is 13.2 Å². The van der Waals surface area contributed by atoms with Crippen molar-refractivity contribution in [2.45, 2.75) is 25.2 Å². The minimum atomic E-state index is -4.46. The minimum Gasteiger partial charge on any atom is -0.347 e. The first-order valence-electron chi connectivity index (χ1n) is 9.82. The molecule has 1 unspecified atom stereocenters. The number of allylic oxidation sites excluding steroid dienone is 2. The fraction of sp³-hybridized carbons (Fsp3) is 0.250. The Hall–Kier alpha value is -3.19. The molecule has 1 aliphatic carbocycles. The van der Waals surface area contributed by atoms with Gasteiger partial charge in [-0.3, -0.25) is 14.5 Å². The van der Waals surface area contributed by atoms with E-state index in [9.17, 15) is 22.8 Å². The summed E-state index contributed by atoms with van der Waals surface area (Å²) in [4.78, 5) is 26.7. The van der Waals surface area contributed by atoms with Crippen LogP contribution in [0, 0.1) is 12.8 Å². The molecule has 0 N–H and O–H groups in total. The number of carbonyl (C=O) groups excluding carboxylic acids is 2. The molecule has 31 heavy (non-hydrogen) atoms. The summed E-state index contributed by atoms with van der Waals surface area (Å²) in [6, 6.07) is 12.4. The van der Waals surface area contributed by atoms with Crippen LogP contribution in [0.3, 0.4) is 0 Å². The second-order valence-electron chi connectivity index (χ2n) is 7.68. The van der Waals surface area contributed by atoms with E-state index in [4.69, 9.17) is 4.74 Å². The summed E-state index contributed by atoms with van der Waals surface area (Å²) in [7, 11) is 0. The van der Waals surface area contributed by atoms with Crippen LogP contribution in [0.15, 0.2) is 72.8 Å². The second kappa shape index (κ2) is 7.81. The number of alkyl halides is 3. The number of rotatable bonds is 3. The summed E-state index contributed by atoms with van der Waals surface area (Å²) in [5.41, 5.74) is -0.293. The Kier molecular flexibility index (Phi) is 5.31. The number of carbonyl (C=O) groups is 2. The van der Waals surface area contributed by atoms with Crippen LogP contribution in [0.5, 0.6) is 0 Å². The zero-order valence-corrected chi connectivity index (χ0v) is 16.7. The predicted octanol–water partition coefficient (Wildman–Crippen LogP) is 4.63. The Labute approximate surface area is 177 Å². The van der Waals surface area contributed by atoms with Crippen molar-refractivity contribution in [2.24, 2.45) is 5.92 Å². The van der Waals surface area contributed by atoms with Crippen LogP contribution >= 0.6 is 0 Å². The average molecular weight is 427 g/mol. The van der Waals surface area contributed by atoms with E-state index in [1.54, 1.807) is 31.2 Å². The lowest BCUT2D eigenvalue weighted by Gasteiger charge is -2.46. The van der Waals surface area contributed by atoms with Crippen molar-refractivity contribution >= 4 is 17.4 Å². The van der Waals surface area contributed by atoms with Gasteiger partial charge in [0.1, 0.15) is 0 Å². The van der Waals surface area contributed by atoms with Crippen LogP contribution in [0.1, 0.15) is 16.7 Å². The molecule has 2 aromatic carbocycles. The summed E-state index contributed by atoms with van der Waals surface area (Å²) < 4.78 is 45.6. The smallest absolute Gasteiger partial charge is 0.347 e. The lowest BCUT2D eigenvalue weighted by molar-refractivity contribution is -0.138. The monoisotopic (exact) mass is 427 g/mol. The Balaban J connectivity index is 1.69. The number of amides is 1. The number of ketones is 1. The van der Waals surface area contributed by atoms with Gasteiger partial charge in [-0.15, -0.1) is 0 Å². The molecule has 1 amide bonds. The van der Waals surface area contributed by atoms with Crippen LogP contribution in [-0.4, -0.2) is 24.0 Å². The number of benzene rings is 2. The zero-order chi connectivity index (χ0) is 22.2. The van der Waals surface area contributed by atoms with E-state index in [2.05, 4.69) is 0 Å². The third kappa shape index (κ3) is 4.05. The molecule has 0 radical (unpaired) electrons. The molecular formula is C24H20F3NO3. The van der Waals surface area contributed by atoms with Crippen LogP contribution in [0.4, 0.5) is 18.9 Å². The molecule has 1 atom stereocenters. The number of anilines is 1. The summed E-state index contributed by atoms with van der Waals surface area (Å²) in [6.07, 6.45) is 1.42. The number of aryl methyl sites for hydroxylation is 1. The van der Waals surface area contributed by atoms with E-state index in [0.29, 0.717) is 16.8 Å². The van der Waals surface area contributed by atoms with E-state index in [1.807, 2.05) is 6.07 Å². The van der Waals surface area contributed by atoms with Crippen molar-refractivity contribution in [1.82, 2.24) is 0 Å². The summed E-state index contributed by atoms with van der Waals surface area (Å²) in [5, 5.41) is 0. The molecule has 1 fully saturated rings. The predicted molar refractivity (Wildman–Crippen MR) is 109 cm³/mol. The number of halogens is 3. The summed E-state index contributed by atoms with van der Waals surface area (Å²) in [5.74, 6) is -1.17. The largest absolute Gasteiger partial charge is 0.416 e. The number of hydrogen-bond donors (Lipinski definition) is 0. The molecule has 2 aliphatic rings. The minimum absolute atomic E-state index is 0.0146. The highest BCUT2D eigenvalue weighted by Gasteiger charge is 2.46. The van der Waals surface area contributed by atoms with Crippen molar-refractivity contribution in [3.05, 3.63) is 89.5 Å². The highest BCUT2D eigenvalue weighted by molar-refractivity contribution is 6.03. The van der Waals surface area contributed by atoms with Gasteiger partial charge >= 0.3 is 6.18 Å². The van der Waals surface area contributed by atoms with Gasteiger partial charge < -0.3 is 4.74 Å². The van der Waals surface area contributed by atoms with Gasteiger partial charge in [-0.1, -0.05) is 24.3 Å². The van der Waals surface area contributed by atoms with Gasteiger partial charge in [0, 0.05) is 5.69 Å². The standard InChI is InChI=1S/C24H20F3NO3/c1-16-7-8-19(24(25,26)27)14-17(16)13-18-15-31-23(11-9-21(29)10-12-23)28(22(18)30)20-5-3-2-4-6-20/h2-12,14,18H,13,15H2,1H3. The maximum atomic E-state index is 13.5. The first-order valence-corrected chi connectivity index (χ1v) is 9.82. The third-order valence-electron chi connectivity index (χ3n) is 5.56. The topological polar surface area (TPSA) is 46.6 Å². The van der Waals surface area contributed by atoms with E-state index < -0.39 is 23.4 Å². The van der Waals surface area contributed by atoms with Gasteiger partial charge in [0.25, 0.3) is 0 Å². The molecule has 0 saturated carbocycles. The highest BCUT2D eigenvalue weighted by Crippen LogP contribution is 2.37. The molecule has 1 saturated heterocycles. The molecule has 1 spiro atoms. The Morgan fingerprint density at radius 2 is 1.74 bits per heavy atom. The Morgan fingerprint density at radius 3 is 2.39 bits per heavy atom. The molecular weight excluding hydrogens is 407 g/mol. The van der Waals surface area contributed by atoms with Crippen molar-refractivity contribution in [3.8, 4) is 0 Å². The van der Waals surface area contributed by atoms with Crippen molar-refractivity contribution in [3.63, 3.8) is 0 Å². The van der Waals surface area contributed by atoms with Crippen LogP contribution < -0.4 is 4.90 Å². The van der Waals surface area contributed by atoms with Gasteiger partial charge in [0.15, 0.2) is 11.5 Å². The number of hydrogen-bond acceptors (Lipinski definition) is 3. The van der Waals surface area contributed by atoms with E-state index >= 15 is 0 Å².